The van der Waals surface area contributed by atoms with E-state index in [2.05, 4.69) is 5.32 Å². The highest BCUT2D eigenvalue weighted by Crippen LogP contribution is 2.42. The van der Waals surface area contributed by atoms with Crippen molar-refractivity contribution in [2.24, 2.45) is 0 Å². The van der Waals surface area contributed by atoms with E-state index in [1.54, 1.807) is 30.3 Å². The molecule has 0 aromatic heterocycles. The van der Waals surface area contributed by atoms with Crippen molar-refractivity contribution in [2.45, 2.75) is 32.4 Å². The van der Waals surface area contributed by atoms with Crippen LogP contribution in [0.4, 0.5) is 11.4 Å². The second kappa shape index (κ2) is 10.8. The molecule has 182 valence electrons. The van der Waals surface area contributed by atoms with Gasteiger partial charge >= 0.3 is 0 Å². The smallest absolute Gasteiger partial charge is 0.269 e. The van der Waals surface area contributed by atoms with Gasteiger partial charge in [0.25, 0.3) is 5.91 Å². The summed E-state index contributed by atoms with van der Waals surface area (Å²) in [5.74, 6) is -0.790. The van der Waals surface area contributed by atoms with Gasteiger partial charge < -0.3 is 5.32 Å². The first kappa shape index (κ1) is 25.8. The number of aryl methyl sites for hydroxylation is 3. The van der Waals surface area contributed by atoms with Crippen LogP contribution >= 0.6 is 35.0 Å². The fraction of sp³-hybridized carbons (Fsp3) is 0.179. The van der Waals surface area contributed by atoms with Crippen LogP contribution in [0.15, 0.2) is 71.3 Å². The number of anilines is 2. The molecule has 0 bridgehead atoms. The average molecular weight is 536 g/mol. The summed E-state index contributed by atoms with van der Waals surface area (Å²) in [6.07, 6.45) is 0.340. The number of rotatable bonds is 5. The number of hydrogen-bond acceptors (Lipinski definition) is 4. The van der Waals surface area contributed by atoms with Gasteiger partial charge in [-0.2, -0.15) is 5.26 Å². The van der Waals surface area contributed by atoms with Crippen molar-refractivity contribution in [3.63, 3.8) is 0 Å². The molecule has 2 amide bonds. The molecule has 0 aliphatic carbocycles. The van der Waals surface area contributed by atoms with Crippen molar-refractivity contribution in [3.8, 4) is 6.07 Å². The Morgan fingerprint density at radius 3 is 2.28 bits per heavy atom. The molecule has 1 atom stereocenters. The van der Waals surface area contributed by atoms with E-state index in [1.807, 2.05) is 57.2 Å². The van der Waals surface area contributed by atoms with E-state index in [1.165, 1.54) is 16.7 Å². The van der Waals surface area contributed by atoms with Gasteiger partial charge in [-0.3, -0.25) is 14.5 Å². The second-order valence-electron chi connectivity index (χ2n) is 8.64. The van der Waals surface area contributed by atoms with E-state index in [4.69, 9.17) is 23.2 Å². The molecule has 1 unspecified atom stereocenters. The second-order valence-corrected chi connectivity index (χ2v) is 10.7. The third kappa shape index (κ3) is 5.60. The van der Waals surface area contributed by atoms with Gasteiger partial charge in [0, 0.05) is 21.4 Å². The molecule has 4 rings (SSSR count). The Hall–Kier alpha value is -3.24. The Labute approximate surface area is 224 Å². The average Bonchev–Trinajstić information content (AvgIpc) is 3.12. The Morgan fingerprint density at radius 1 is 1.00 bits per heavy atom. The molecule has 1 aliphatic heterocycles. The van der Waals surface area contributed by atoms with Crippen LogP contribution in [0.2, 0.25) is 10.0 Å². The summed E-state index contributed by atoms with van der Waals surface area (Å²) in [5, 5.41) is 13.5. The summed E-state index contributed by atoms with van der Waals surface area (Å²) in [7, 11) is 0. The van der Waals surface area contributed by atoms with Gasteiger partial charge in [-0.25, -0.2) is 0 Å². The molecule has 1 N–H and O–H groups in total. The van der Waals surface area contributed by atoms with Crippen LogP contribution in [0.5, 0.6) is 0 Å². The first-order valence-corrected chi connectivity index (χ1v) is 12.8. The molecule has 1 heterocycles. The Balaban J connectivity index is 1.75. The number of nitrogens with zero attached hydrogens (tertiary/aromatic N) is 2. The topological polar surface area (TPSA) is 73.2 Å². The van der Waals surface area contributed by atoms with Crippen molar-refractivity contribution in [2.75, 3.05) is 10.2 Å². The fourth-order valence-corrected chi connectivity index (χ4v) is 5.74. The number of nitrogens with one attached hydrogen (secondary N) is 1. The van der Waals surface area contributed by atoms with Crippen LogP contribution in [0, 0.1) is 32.1 Å². The molecule has 0 saturated carbocycles. The first-order chi connectivity index (χ1) is 17.2. The van der Waals surface area contributed by atoms with Crippen LogP contribution in [0.1, 0.15) is 22.3 Å². The number of carbonyl (C=O) groups is 2. The third-order valence-electron chi connectivity index (χ3n) is 5.91. The number of thioether (sulfide) groups is 1. The minimum Gasteiger partial charge on any atom is -0.321 e. The number of nitriles is 1. The molecule has 1 saturated heterocycles. The molecular formula is C28H23Cl2N3O2S. The minimum absolute atomic E-state index is 0.126. The number of benzene rings is 3. The molecular weight excluding hydrogens is 513 g/mol. The zero-order valence-electron chi connectivity index (χ0n) is 19.9. The van der Waals surface area contributed by atoms with Crippen LogP contribution < -0.4 is 10.2 Å². The van der Waals surface area contributed by atoms with Crippen LogP contribution in [0.3, 0.4) is 0 Å². The van der Waals surface area contributed by atoms with Crippen LogP contribution in [0.25, 0.3) is 0 Å². The van der Waals surface area contributed by atoms with Gasteiger partial charge in [-0.1, -0.05) is 58.7 Å². The largest absolute Gasteiger partial charge is 0.321 e. The summed E-state index contributed by atoms with van der Waals surface area (Å²) in [5.41, 5.74) is 4.96. The molecule has 1 fully saturated rings. The first-order valence-electron chi connectivity index (χ1n) is 11.2. The quantitative estimate of drug-likeness (QED) is 0.282. The SMILES string of the molecule is Cc1ccc(NC(=O)/C(C#N)=C2\SC(Cc3cc(Cl)cc(Cl)c3)C(=O)N2c2ccc(C)c(C)c2)cc1. The summed E-state index contributed by atoms with van der Waals surface area (Å²) < 4.78 is 0. The van der Waals surface area contributed by atoms with Crippen molar-refractivity contribution in [3.05, 3.63) is 104 Å². The number of carbonyl (C=O) groups excluding carboxylic acids is 2. The number of hydrogen-bond donors (Lipinski definition) is 1. The lowest BCUT2D eigenvalue weighted by Crippen LogP contribution is -2.31. The summed E-state index contributed by atoms with van der Waals surface area (Å²) in [6, 6.07) is 20.1. The lowest BCUT2D eigenvalue weighted by atomic mass is 10.1. The molecule has 1 aliphatic rings. The van der Waals surface area contributed by atoms with Crippen molar-refractivity contribution < 1.29 is 9.59 Å². The Bertz CT molecular complexity index is 1410. The third-order valence-corrected chi connectivity index (χ3v) is 7.61. The maximum Gasteiger partial charge on any atom is 0.269 e. The van der Waals surface area contributed by atoms with Crippen molar-refractivity contribution in [1.29, 1.82) is 5.26 Å². The van der Waals surface area contributed by atoms with E-state index in [0.29, 0.717) is 32.9 Å². The fourth-order valence-electron chi connectivity index (χ4n) is 3.86. The Kier molecular flexibility index (Phi) is 7.75. The van der Waals surface area contributed by atoms with E-state index in [-0.39, 0.29) is 11.5 Å². The molecule has 5 nitrogen and oxygen atoms in total. The lowest BCUT2D eigenvalue weighted by molar-refractivity contribution is -0.117. The zero-order valence-corrected chi connectivity index (χ0v) is 22.3. The molecule has 3 aromatic carbocycles. The van der Waals surface area contributed by atoms with Crippen LogP contribution in [-0.2, 0) is 16.0 Å². The van der Waals surface area contributed by atoms with E-state index < -0.39 is 11.2 Å². The lowest BCUT2D eigenvalue weighted by Gasteiger charge is -2.20. The zero-order chi connectivity index (χ0) is 26.0. The normalized spacial score (nSPS) is 16.6. The van der Waals surface area contributed by atoms with Gasteiger partial charge in [0.1, 0.15) is 16.7 Å². The predicted molar refractivity (Wildman–Crippen MR) is 147 cm³/mol. The van der Waals surface area contributed by atoms with E-state index >= 15 is 0 Å². The van der Waals surface area contributed by atoms with Crippen molar-refractivity contribution in [1.82, 2.24) is 0 Å². The van der Waals surface area contributed by atoms with Crippen LogP contribution in [-0.4, -0.2) is 17.1 Å². The maximum atomic E-state index is 13.7. The van der Waals surface area contributed by atoms with E-state index in [0.717, 1.165) is 22.3 Å². The van der Waals surface area contributed by atoms with Gasteiger partial charge in [0.05, 0.1) is 5.25 Å². The predicted octanol–water partition coefficient (Wildman–Crippen LogP) is 6.98. The van der Waals surface area contributed by atoms with E-state index in [9.17, 15) is 14.9 Å². The van der Waals surface area contributed by atoms with Gasteiger partial charge in [-0.15, -0.1) is 0 Å². The van der Waals surface area contributed by atoms with Gasteiger partial charge in [0.2, 0.25) is 5.91 Å². The maximum absolute atomic E-state index is 13.7. The molecule has 36 heavy (non-hydrogen) atoms. The highest BCUT2D eigenvalue weighted by molar-refractivity contribution is 8.05. The summed E-state index contributed by atoms with van der Waals surface area (Å²) in [6.45, 7) is 5.89. The molecule has 0 radical (unpaired) electrons. The summed E-state index contributed by atoms with van der Waals surface area (Å²) >= 11 is 13.5. The van der Waals surface area contributed by atoms with Crippen molar-refractivity contribution >= 4 is 58.2 Å². The minimum atomic E-state index is -0.572. The highest BCUT2D eigenvalue weighted by atomic mass is 35.5. The standard InChI is InChI=1S/C28H23Cl2N3O2S/c1-16-4-7-22(8-5-16)32-26(34)24(15-31)28-33(23-9-6-17(2)18(3)10-23)27(35)25(36-28)13-19-11-20(29)14-21(30)12-19/h4-12,14,25H,13H2,1-3H3,(H,32,34)/b28-24-. The number of halogens is 2. The molecule has 8 heteroatoms. The molecule has 0 spiro atoms. The monoisotopic (exact) mass is 535 g/mol. The summed E-state index contributed by atoms with van der Waals surface area (Å²) in [4.78, 5) is 28.4. The number of amides is 2. The Morgan fingerprint density at radius 2 is 1.67 bits per heavy atom. The van der Waals surface area contributed by atoms with Gasteiger partial charge in [-0.05, 0) is 86.3 Å². The highest BCUT2D eigenvalue weighted by Gasteiger charge is 2.41. The van der Waals surface area contributed by atoms with Gasteiger partial charge in [0.15, 0.2) is 0 Å². The molecule has 3 aromatic rings.